The standard InChI is InChI=1S/C9H11BrFN3O/c10-7-5-8(11)9(12-6-7)13-14-1-3-15-4-2-14/h5-6H,1-4H2,(H,12,13). The summed E-state index contributed by atoms with van der Waals surface area (Å²) in [5.74, 6) is -0.115. The van der Waals surface area contributed by atoms with Crippen LogP contribution in [0.1, 0.15) is 0 Å². The SMILES string of the molecule is Fc1cc(Br)cnc1NN1CCOCC1. The maximum atomic E-state index is 13.4. The Morgan fingerprint density at radius 1 is 1.47 bits per heavy atom. The maximum absolute atomic E-state index is 13.4. The highest BCUT2D eigenvalue weighted by molar-refractivity contribution is 9.10. The van der Waals surface area contributed by atoms with E-state index in [2.05, 4.69) is 26.3 Å². The van der Waals surface area contributed by atoms with Gasteiger partial charge in [0.05, 0.1) is 13.2 Å². The summed E-state index contributed by atoms with van der Waals surface area (Å²) in [5.41, 5.74) is 2.92. The van der Waals surface area contributed by atoms with Crippen molar-refractivity contribution in [3.8, 4) is 0 Å². The number of ether oxygens (including phenoxy) is 1. The molecule has 0 spiro atoms. The summed E-state index contributed by atoms with van der Waals surface area (Å²) in [6.45, 7) is 2.78. The molecule has 0 aliphatic carbocycles. The van der Waals surface area contributed by atoms with Crippen molar-refractivity contribution in [1.29, 1.82) is 0 Å². The largest absolute Gasteiger partial charge is 0.379 e. The van der Waals surface area contributed by atoms with E-state index in [0.29, 0.717) is 17.7 Å². The van der Waals surface area contributed by atoms with Gasteiger partial charge in [-0.05, 0) is 22.0 Å². The molecule has 1 N–H and O–H groups in total. The van der Waals surface area contributed by atoms with Crippen LogP contribution < -0.4 is 5.43 Å². The van der Waals surface area contributed by atoms with Gasteiger partial charge in [-0.15, -0.1) is 0 Å². The Bertz CT molecular complexity index is 344. The van der Waals surface area contributed by atoms with Crippen LogP contribution in [0, 0.1) is 5.82 Å². The number of hydrogen-bond acceptors (Lipinski definition) is 4. The van der Waals surface area contributed by atoms with Gasteiger partial charge in [-0.2, -0.15) is 0 Å². The number of hydrogen-bond donors (Lipinski definition) is 1. The molecule has 2 rings (SSSR count). The van der Waals surface area contributed by atoms with Crippen LogP contribution in [-0.4, -0.2) is 36.3 Å². The fourth-order valence-electron chi connectivity index (χ4n) is 1.32. The number of pyridine rings is 1. The number of anilines is 1. The number of aromatic nitrogens is 1. The van der Waals surface area contributed by atoms with Crippen molar-refractivity contribution in [2.75, 3.05) is 31.7 Å². The molecule has 0 amide bonds. The van der Waals surface area contributed by atoms with Crippen LogP contribution in [0.3, 0.4) is 0 Å². The van der Waals surface area contributed by atoms with Crippen molar-refractivity contribution in [3.05, 3.63) is 22.6 Å². The molecule has 0 saturated carbocycles. The lowest BCUT2D eigenvalue weighted by Gasteiger charge is -2.27. The Morgan fingerprint density at radius 3 is 2.87 bits per heavy atom. The van der Waals surface area contributed by atoms with Gasteiger partial charge in [0, 0.05) is 23.8 Å². The molecule has 0 atom stereocenters. The Balaban J connectivity index is 2.03. The quantitative estimate of drug-likeness (QED) is 0.891. The summed E-state index contributed by atoms with van der Waals surface area (Å²) >= 11 is 3.16. The summed E-state index contributed by atoms with van der Waals surface area (Å²) in [6.07, 6.45) is 1.56. The van der Waals surface area contributed by atoms with E-state index >= 15 is 0 Å². The van der Waals surface area contributed by atoms with Gasteiger partial charge in [-0.1, -0.05) is 0 Å². The lowest BCUT2D eigenvalue weighted by molar-refractivity contribution is 0.0493. The molecular formula is C9H11BrFN3O. The second kappa shape index (κ2) is 4.87. The lowest BCUT2D eigenvalue weighted by Crippen LogP contribution is -2.40. The van der Waals surface area contributed by atoms with Crippen molar-refractivity contribution in [2.24, 2.45) is 0 Å². The predicted octanol–water partition coefficient (Wildman–Crippen LogP) is 1.64. The summed E-state index contributed by atoms with van der Waals surface area (Å²) in [6, 6.07) is 1.38. The number of rotatable bonds is 2. The minimum Gasteiger partial charge on any atom is -0.379 e. The summed E-state index contributed by atoms with van der Waals surface area (Å²) in [5, 5.41) is 1.89. The van der Waals surface area contributed by atoms with Gasteiger partial charge in [0.25, 0.3) is 0 Å². The van der Waals surface area contributed by atoms with Gasteiger partial charge in [0.2, 0.25) is 0 Å². The van der Waals surface area contributed by atoms with E-state index in [1.54, 1.807) is 6.20 Å². The zero-order valence-corrected chi connectivity index (χ0v) is 9.63. The van der Waals surface area contributed by atoms with Crippen LogP contribution in [0.25, 0.3) is 0 Å². The van der Waals surface area contributed by atoms with Crippen LogP contribution in [0.15, 0.2) is 16.7 Å². The zero-order valence-electron chi connectivity index (χ0n) is 8.04. The van der Waals surface area contributed by atoms with Gasteiger partial charge in [0.1, 0.15) is 0 Å². The van der Waals surface area contributed by atoms with Crippen molar-refractivity contribution in [2.45, 2.75) is 0 Å². The van der Waals surface area contributed by atoms with E-state index in [1.165, 1.54) is 6.07 Å². The maximum Gasteiger partial charge on any atom is 0.176 e. The van der Waals surface area contributed by atoms with Crippen molar-refractivity contribution in [1.82, 2.24) is 9.99 Å². The third-order valence-corrected chi connectivity index (χ3v) is 2.52. The topological polar surface area (TPSA) is 37.4 Å². The third-order valence-electron chi connectivity index (χ3n) is 2.08. The summed E-state index contributed by atoms with van der Waals surface area (Å²) in [7, 11) is 0. The van der Waals surface area contributed by atoms with E-state index in [9.17, 15) is 4.39 Å². The van der Waals surface area contributed by atoms with E-state index in [1.807, 2.05) is 5.01 Å². The fraction of sp³-hybridized carbons (Fsp3) is 0.444. The van der Waals surface area contributed by atoms with Crippen molar-refractivity contribution >= 4 is 21.7 Å². The van der Waals surface area contributed by atoms with Gasteiger partial charge in [-0.25, -0.2) is 14.4 Å². The average Bonchev–Trinajstić information content (AvgIpc) is 2.24. The average molecular weight is 276 g/mol. The first kappa shape index (κ1) is 10.8. The molecule has 82 valence electrons. The number of nitrogens with one attached hydrogen (secondary N) is 1. The monoisotopic (exact) mass is 275 g/mol. The molecule has 1 saturated heterocycles. The normalized spacial score (nSPS) is 17.7. The lowest BCUT2D eigenvalue weighted by atomic mass is 10.4. The minimum absolute atomic E-state index is 0.250. The molecule has 1 fully saturated rings. The molecular weight excluding hydrogens is 265 g/mol. The van der Waals surface area contributed by atoms with Crippen molar-refractivity contribution < 1.29 is 9.13 Å². The Kier molecular flexibility index (Phi) is 3.50. The van der Waals surface area contributed by atoms with E-state index in [0.717, 1.165) is 13.1 Å². The molecule has 1 aromatic heterocycles. The molecule has 0 aromatic carbocycles. The molecule has 6 heteroatoms. The highest BCUT2D eigenvalue weighted by atomic mass is 79.9. The second-order valence-corrected chi connectivity index (χ2v) is 4.11. The molecule has 2 heterocycles. The molecule has 1 aliphatic rings. The number of halogens is 2. The number of morpholine rings is 1. The highest BCUT2D eigenvalue weighted by Gasteiger charge is 2.12. The fourth-order valence-corrected chi connectivity index (χ4v) is 1.63. The van der Waals surface area contributed by atoms with E-state index in [-0.39, 0.29) is 11.6 Å². The third kappa shape index (κ3) is 2.87. The van der Waals surface area contributed by atoms with E-state index in [4.69, 9.17) is 4.74 Å². The van der Waals surface area contributed by atoms with Gasteiger partial charge < -0.3 is 10.2 Å². The molecule has 0 unspecified atom stereocenters. The summed E-state index contributed by atoms with van der Waals surface area (Å²) in [4.78, 5) is 3.96. The minimum atomic E-state index is -0.365. The Labute approximate surface area is 95.5 Å². The van der Waals surface area contributed by atoms with Crippen LogP contribution in [-0.2, 0) is 4.74 Å². The Morgan fingerprint density at radius 2 is 2.20 bits per heavy atom. The first-order valence-electron chi connectivity index (χ1n) is 4.66. The van der Waals surface area contributed by atoms with Gasteiger partial charge in [0.15, 0.2) is 11.6 Å². The van der Waals surface area contributed by atoms with Gasteiger partial charge >= 0.3 is 0 Å². The van der Waals surface area contributed by atoms with Crippen LogP contribution in [0.4, 0.5) is 10.2 Å². The van der Waals surface area contributed by atoms with Crippen molar-refractivity contribution in [3.63, 3.8) is 0 Å². The first-order valence-corrected chi connectivity index (χ1v) is 5.45. The highest BCUT2D eigenvalue weighted by Crippen LogP contribution is 2.16. The number of nitrogens with zero attached hydrogens (tertiary/aromatic N) is 2. The van der Waals surface area contributed by atoms with Crippen LogP contribution >= 0.6 is 15.9 Å². The second-order valence-electron chi connectivity index (χ2n) is 3.20. The molecule has 1 aliphatic heterocycles. The molecule has 0 bridgehead atoms. The number of hydrazine groups is 1. The van der Waals surface area contributed by atoms with Crippen LogP contribution in [0.2, 0.25) is 0 Å². The Hall–Kier alpha value is -0.720. The smallest absolute Gasteiger partial charge is 0.176 e. The predicted molar refractivity (Wildman–Crippen MR) is 57.9 cm³/mol. The van der Waals surface area contributed by atoms with Crippen LogP contribution in [0.5, 0.6) is 0 Å². The molecule has 4 nitrogen and oxygen atoms in total. The molecule has 15 heavy (non-hydrogen) atoms. The van der Waals surface area contributed by atoms with E-state index < -0.39 is 0 Å². The summed E-state index contributed by atoms with van der Waals surface area (Å²) < 4.78 is 19.2. The van der Waals surface area contributed by atoms with Gasteiger partial charge in [-0.3, -0.25) is 0 Å². The molecule has 1 aromatic rings. The zero-order chi connectivity index (χ0) is 10.7. The first-order chi connectivity index (χ1) is 7.25. The molecule has 0 radical (unpaired) electrons.